The average Bonchev–Trinajstić information content (AvgIpc) is 2.62. The number of guanidine groups is 1. The van der Waals surface area contributed by atoms with Gasteiger partial charge in [-0.05, 0) is 49.7 Å². The van der Waals surface area contributed by atoms with Crippen molar-refractivity contribution >= 4 is 5.96 Å². The van der Waals surface area contributed by atoms with Gasteiger partial charge >= 0.3 is 0 Å². The normalized spacial score (nSPS) is 12.6. The molecule has 1 unspecified atom stereocenters. The molecule has 0 heterocycles. The minimum Gasteiger partial charge on any atom is -0.494 e. The third-order valence-electron chi connectivity index (χ3n) is 3.79. The molecule has 0 saturated heterocycles. The molecule has 2 aromatic carbocycles. The number of hydrogen-bond donors (Lipinski definition) is 2. The molecule has 2 N–H and O–H groups in total. The maximum absolute atomic E-state index is 13.9. The predicted octanol–water partition coefficient (Wildman–Crippen LogP) is 3.93. The molecule has 0 aliphatic heterocycles. The Labute approximate surface area is 151 Å². The van der Waals surface area contributed by atoms with E-state index in [9.17, 15) is 13.2 Å². The molecule has 2 aromatic rings. The summed E-state index contributed by atoms with van der Waals surface area (Å²) in [4.78, 5) is 4.28. The minimum atomic E-state index is -0.517. The van der Waals surface area contributed by atoms with Gasteiger partial charge in [0.2, 0.25) is 0 Å². The maximum Gasteiger partial charge on any atom is 0.192 e. The lowest BCUT2D eigenvalue weighted by molar-refractivity contribution is 0.386. The van der Waals surface area contributed by atoms with Crippen molar-refractivity contribution in [3.63, 3.8) is 0 Å². The zero-order valence-corrected chi connectivity index (χ0v) is 14.9. The number of hydrogen-bond acceptors (Lipinski definition) is 2. The lowest BCUT2D eigenvalue weighted by Gasteiger charge is -2.18. The molecule has 0 fully saturated rings. The van der Waals surface area contributed by atoms with Crippen molar-refractivity contribution in [3.05, 3.63) is 65.0 Å². The summed E-state index contributed by atoms with van der Waals surface area (Å²) in [5.41, 5.74) is 0.858. The Morgan fingerprint density at radius 1 is 1.12 bits per heavy atom. The molecule has 140 valence electrons. The molecular weight excluding hydrogens is 343 g/mol. The molecular formula is C19H22F3N3O. The molecule has 2 rings (SSSR count). The first-order valence-electron chi connectivity index (χ1n) is 8.26. The predicted molar refractivity (Wildman–Crippen MR) is 95.7 cm³/mol. The minimum absolute atomic E-state index is 0.0252. The molecule has 0 saturated carbocycles. The fourth-order valence-corrected chi connectivity index (χ4v) is 2.39. The third-order valence-corrected chi connectivity index (χ3v) is 3.79. The molecule has 0 aliphatic rings. The van der Waals surface area contributed by atoms with Crippen LogP contribution in [0.1, 0.15) is 31.0 Å². The molecule has 0 amide bonds. The van der Waals surface area contributed by atoms with Gasteiger partial charge in [-0.2, -0.15) is 0 Å². The van der Waals surface area contributed by atoms with Crippen LogP contribution in [0, 0.1) is 17.5 Å². The van der Waals surface area contributed by atoms with Gasteiger partial charge < -0.3 is 15.4 Å². The van der Waals surface area contributed by atoms with E-state index < -0.39 is 17.5 Å². The quantitative estimate of drug-likeness (QED) is 0.602. The smallest absolute Gasteiger partial charge is 0.192 e. The Morgan fingerprint density at radius 2 is 1.88 bits per heavy atom. The first-order chi connectivity index (χ1) is 12.4. The summed E-state index contributed by atoms with van der Waals surface area (Å²) in [5, 5.41) is 6.15. The summed E-state index contributed by atoms with van der Waals surface area (Å²) in [5.74, 6) is -0.904. The summed E-state index contributed by atoms with van der Waals surface area (Å²) in [6.07, 6.45) is 0. The Hall–Kier alpha value is -2.70. The van der Waals surface area contributed by atoms with Gasteiger partial charge in [0.05, 0.1) is 19.7 Å². The summed E-state index contributed by atoms with van der Waals surface area (Å²) >= 11 is 0. The molecule has 0 aliphatic carbocycles. The topological polar surface area (TPSA) is 45.7 Å². The van der Waals surface area contributed by atoms with Crippen LogP contribution in [0.15, 0.2) is 41.4 Å². The average molecular weight is 365 g/mol. The van der Waals surface area contributed by atoms with Crippen molar-refractivity contribution in [1.29, 1.82) is 0 Å². The van der Waals surface area contributed by atoms with Crippen LogP contribution in [-0.2, 0) is 6.54 Å². The van der Waals surface area contributed by atoms with Crippen LogP contribution in [0.2, 0.25) is 0 Å². The second-order valence-electron chi connectivity index (χ2n) is 5.69. The van der Waals surface area contributed by atoms with E-state index in [1.807, 2.05) is 13.8 Å². The number of aliphatic imine (C=N–C) groups is 1. The van der Waals surface area contributed by atoms with Gasteiger partial charge in [-0.1, -0.05) is 6.07 Å². The third kappa shape index (κ3) is 5.15. The van der Waals surface area contributed by atoms with Crippen LogP contribution in [0.5, 0.6) is 5.75 Å². The Bertz CT molecular complexity index is 781. The Balaban J connectivity index is 2.13. The molecule has 1 atom stereocenters. The van der Waals surface area contributed by atoms with E-state index in [0.29, 0.717) is 18.1 Å². The van der Waals surface area contributed by atoms with Gasteiger partial charge in [0.25, 0.3) is 0 Å². The van der Waals surface area contributed by atoms with Crippen molar-refractivity contribution < 1.29 is 17.9 Å². The number of halogens is 3. The number of ether oxygens (including phenoxy) is 1. The first kappa shape index (κ1) is 19.6. The van der Waals surface area contributed by atoms with E-state index in [-0.39, 0.29) is 23.9 Å². The fraction of sp³-hybridized carbons (Fsp3) is 0.316. The number of rotatable bonds is 6. The molecule has 0 aromatic heterocycles. The summed E-state index contributed by atoms with van der Waals surface area (Å²) in [6.45, 7) is 4.29. The highest BCUT2D eigenvalue weighted by atomic mass is 19.1. The largest absolute Gasteiger partial charge is 0.494 e. The zero-order valence-electron chi connectivity index (χ0n) is 14.9. The van der Waals surface area contributed by atoms with E-state index >= 15 is 0 Å². The summed E-state index contributed by atoms with van der Waals surface area (Å²) in [6, 6.07) is 7.67. The van der Waals surface area contributed by atoms with Crippen LogP contribution < -0.4 is 15.4 Å². The van der Waals surface area contributed by atoms with Gasteiger partial charge in [-0.3, -0.25) is 0 Å². The van der Waals surface area contributed by atoms with E-state index in [2.05, 4.69) is 15.6 Å². The first-order valence-corrected chi connectivity index (χ1v) is 8.26. The van der Waals surface area contributed by atoms with Crippen molar-refractivity contribution in [1.82, 2.24) is 10.6 Å². The van der Waals surface area contributed by atoms with Gasteiger partial charge in [0.15, 0.2) is 17.5 Å². The Morgan fingerprint density at radius 3 is 2.54 bits per heavy atom. The van der Waals surface area contributed by atoms with Crippen LogP contribution in [0.4, 0.5) is 13.2 Å². The molecule has 26 heavy (non-hydrogen) atoms. The number of methoxy groups -OCH3 is 1. The van der Waals surface area contributed by atoms with E-state index in [4.69, 9.17) is 4.74 Å². The fourth-order valence-electron chi connectivity index (χ4n) is 2.39. The van der Waals surface area contributed by atoms with Gasteiger partial charge in [-0.25, -0.2) is 18.2 Å². The van der Waals surface area contributed by atoms with E-state index in [1.165, 1.54) is 13.2 Å². The monoisotopic (exact) mass is 365 g/mol. The number of nitrogens with zero attached hydrogens (tertiary/aromatic N) is 1. The summed E-state index contributed by atoms with van der Waals surface area (Å²) in [7, 11) is 1.40. The summed E-state index contributed by atoms with van der Waals surface area (Å²) < 4.78 is 45.8. The maximum atomic E-state index is 13.9. The van der Waals surface area contributed by atoms with E-state index in [1.54, 1.807) is 12.1 Å². The van der Waals surface area contributed by atoms with Crippen LogP contribution in [0.25, 0.3) is 0 Å². The highest BCUT2D eigenvalue weighted by Gasteiger charge is 2.12. The number of nitrogens with one attached hydrogen (secondary N) is 2. The van der Waals surface area contributed by atoms with Gasteiger partial charge in [0, 0.05) is 12.1 Å². The second kappa shape index (κ2) is 9.12. The standard InChI is InChI=1S/C19H22F3N3O/c1-4-23-19(24-11-14-9-15(20)6-7-16(14)21)25-12(2)13-5-8-18(26-3)17(22)10-13/h5-10,12H,4,11H2,1-3H3,(H2,23,24,25). The highest BCUT2D eigenvalue weighted by Crippen LogP contribution is 2.21. The Kier molecular flexibility index (Phi) is 6.89. The van der Waals surface area contributed by atoms with Crippen LogP contribution in [0.3, 0.4) is 0 Å². The molecule has 0 bridgehead atoms. The molecule has 7 heteroatoms. The van der Waals surface area contributed by atoms with Crippen molar-refractivity contribution in [2.45, 2.75) is 26.4 Å². The van der Waals surface area contributed by atoms with Crippen molar-refractivity contribution in [3.8, 4) is 5.75 Å². The van der Waals surface area contributed by atoms with Crippen LogP contribution in [-0.4, -0.2) is 19.6 Å². The van der Waals surface area contributed by atoms with E-state index in [0.717, 1.165) is 18.2 Å². The van der Waals surface area contributed by atoms with Crippen LogP contribution >= 0.6 is 0 Å². The lowest BCUT2D eigenvalue weighted by atomic mass is 10.1. The number of benzene rings is 2. The van der Waals surface area contributed by atoms with Crippen molar-refractivity contribution in [2.75, 3.05) is 13.7 Å². The van der Waals surface area contributed by atoms with Gasteiger partial charge in [-0.15, -0.1) is 0 Å². The van der Waals surface area contributed by atoms with Crippen molar-refractivity contribution in [2.24, 2.45) is 4.99 Å². The van der Waals surface area contributed by atoms with Gasteiger partial charge in [0.1, 0.15) is 11.6 Å². The lowest BCUT2D eigenvalue weighted by Crippen LogP contribution is -2.38. The SMILES string of the molecule is CCNC(=NCc1cc(F)ccc1F)NC(C)c1ccc(OC)c(F)c1. The molecule has 4 nitrogen and oxygen atoms in total. The molecule has 0 spiro atoms. The zero-order chi connectivity index (χ0) is 19.1. The molecule has 0 radical (unpaired) electrons. The highest BCUT2D eigenvalue weighted by molar-refractivity contribution is 5.80. The second-order valence-corrected chi connectivity index (χ2v) is 5.69.